The van der Waals surface area contributed by atoms with Gasteiger partial charge < -0.3 is 30.3 Å². The van der Waals surface area contributed by atoms with Crippen LogP contribution in [0.15, 0.2) is 77.9 Å². The zero-order valence-corrected chi connectivity index (χ0v) is 24.7. The predicted octanol–water partition coefficient (Wildman–Crippen LogP) is 2.13. The van der Waals surface area contributed by atoms with Crippen LogP contribution < -0.4 is 20.3 Å². The van der Waals surface area contributed by atoms with Crippen LogP contribution in [0, 0.1) is 0 Å². The van der Waals surface area contributed by atoms with E-state index in [0.29, 0.717) is 35.9 Å². The number of anilines is 1. The summed E-state index contributed by atoms with van der Waals surface area (Å²) in [7, 11) is 0. The topological polar surface area (TPSA) is 136 Å². The number of pyridine rings is 1. The van der Waals surface area contributed by atoms with Gasteiger partial charge in [-0.1, -0.05) is 50.2 Å². The Labute approximate surface area is 251 Å². The summed E-state index contributed by atoms with van der Waals surface area (Å²) in [5, 5.41) is 14.5. The minimum atomic E-state index is -1.24. The number of hydrogen-bond donors (Lipinski definition) is 3. The fourth-order valence-corrected chi connectivity index (χ4v) is 4.69. The predicted molar refractivity (Wildman–Crippen MR) is 164 cm³/mol. The van der Waals surface area contributed by atoms with Gasteiger partial charge >= 0.3 is 0 Å². The maximum Gasteiger partial charge on any atom is 0.272 e. The summed E-state index contributed by atoms with van der Waals surface area (Å²) in [5.41, 5.74) is 3.19. The van der Waals surface area contributed by atoms with Crippen LogP contribution in [0.4, 0.5) is 5.69 Å². The van der Waals surface area contributed by atoms with Gasteiger partial charge in [-0.15, -0.1) is 0 Å². The lowest BCUT2D eigenvalue weighted by Gasteiger charge is -2.28. The largest absolute Gasteiger partial charge is 0.484 e. The summed E-state index contributed by atoms with van der Waals surface area (Å²) in [6.07, 6.45) is 0.411. The van der Waals surface area contributed by atoms with E-state index in [1.807, 2.05) is 36.4 Å². The molecule has 11 nitrogen and oxygen atoms in total. The van der Waals surface area contributed by atoms with Crippen LogP contribution in [-0.2, 0) is 21.0 Å². The van der Waals surface area contributed by atoms with Crippen molar-refractivity contribution >= 4 is 29.1 Å². The molecule has 11 heteroatoms. The number of hydrogen-bond acceptors (Lipinski definition) is 8. The van der Waals surface area contributed by atoms with Crippen LogP contribution in [0.3, 0.4) is 0 Å². The Balaban J connectivity index is 1.53. The summed E-state index contributed by atoms with van der Waals surface area (Å²) in [4.78, 5) is 52.9. The second kappa shape index (κ2) is 15.0. The zero-order valence-electron chi connectivity index (χ0n) is 24.7. The van der Waals surface area contributed by atoms with Gasteiger partial charge in [0.25, 0.3) is 11.8 Å². The number of nitrogens with zero attached hydrogens (tertiary/aromatic N) is 4. The average molecular weight is 587 g/mol. The highest BCUT2D eigenvalue weighted by molar-refractivity contribution is 6.19. The quantitative estimate of drug-likeness (QED) is 0.279. The number of aliphatic imine (C=N–C) groups is 1. The Bertz CT molecular complexity index is 1430. The molecule has 3 N–H and O–H groups in total. The lowest BCUT2D eigenvalue weighted by Crippen LogP contribution is -2.54. The fourth-order valence-electron chi connectivity index (χ4n) is 4.69. The van der Waals surface area contributed by atoms with Gasteiger partial charge in [0, 0.05) is 24.8 Å². The normalized spacial score (nSPS) is 15.3. The molecule has 43 heavy (non-hydrogen) atoms. The molecule has 2 heterocycles. The standard InChI is InChI=1S/C32H38N6O5/c1-4-37(5-2)18-19-38-27-12-7-6-10-25(27)29(26-11-8-9-17-33-26)35-30(32(38)42)36-31(41)22(3)34-28(40)21-43-24-15-13-23(20-39)14-16-24/h6-17,22,30,39H,4-5,18-21H2,1-3H3,(H,34,40)(H,36,41)/t22-,30?/m0/s1. The van der Waals surface area contributed by atoms with Gasteiger partial charge in [-0.2, -0.15) is 0 Å². The molecule has 0 spiro atoms. The van der Waals surface area contributed by atoms with Crippen molar-refractivity contribution in [2.75, 3.05) is 37.7 Å². The molecule has 226 valence electrons. The highest BCUT2D eigenvalue weighted by Gasteiger charge is 2.34. The number of aromatic nitrogens is 1. The average Bonchev–Trinajstić information content (AvgIpc) is 3.15. The van der Waals surface area contributed by atoms with E-state index in [0.717, 1.165) is 24.2 Å². The molecule has 0 radical (unpaired) electrons. The minimum Gasteiger partial charge on any atom is -0.484 e. The summed E-state index contributed by atoms with van der Waals surface area (Å²) < 4.78 is 5.49. The highest BCUT2D eigenvalue weighted by atomic mass is 16.5. The fraction of sp³-hybridized carbons (Fsp3) is 0.344. The molecule has 0 saturated carbocycles. The molecule has 1 aromatic heterocycles. The lowest BCUT2D eigenvalue weighted by atomic mass is 10.0. The smallest absolute Gasteiger partial charge is 0.272 e. The first-order valence-electron chi connectivity index (χ1n) is 14.4. The first-order valence-corrected chi connectivity index (χ1v) is 14.4. The van der Waals surface area contributed by atoms with E-state index in [-0.39, 0.29) is 19.1 Å². The number of para-hydroxylation sites is 1. The zero-order chi connectivity index (χ0) is 30.8. The molecule has 3 amide bonds. The Morgan fingerprint density at radius 1 is 1.05 bits per heavy atom. The molecular weight excluding hydrogens is 548 g/mol. The van der Waals surface area contributed by atoms with Gasteiger partial charge in [0.1, 0.15) is 11.8 Å². The molecule has 0 bridgehead atoms. The van der Waals surface area contributed by atoms with Gasteiger partial charge in [-0.25, -0.2) is 4.99 Å². The van der Waals surface area contributed by atoms with Crippen molar-refractivity contribution < 1.29 is 24.2 Å². The van der Waals surface area contributed by atoms with E-state index in [1.165, 1.54) is 6.92 Å². The minimum absolute atomic E-state index is 0.0932. The van der Waals surface area contributed by atoms with Crippen molar-refractivity contribution in [3.8, 4) is 5.75 Å². The molecule has 1 aliphatic rings. The Morgan fingerprint density at radius 3 is 2.44 bits per heavy atom. The van der Waals surface area contributed by atoms with Crippen molar-refractivity contribution in [2.45, 2.75) is 39.6 Å². The maximum absolute atomic E-state index is 14.0. The number of aliphatic hydroxyl groups is 1. The second-order valence-electron chi connectivity index (χ2n) is 10.0. The molecule has 3 aromatic rings. The van der Waals surface area contributed by atoms with E-state index in [9.17, 15) is 14.4 Å². The van der Waals surface area contributed by atoms with Crippen molar-refractivity contribution in [2.24, 2.45) is 4.99 Å². The second-order valence-corrected chi connectivity index (χ2v) is 10.0. The molecular formula is C32H38N6O5. The lowest BCUT2D eigenvalue weighted by molar-refractivity contribution is -0.131. The molecule has 0 aliphatic carbocycles. The molecule has 4 rings (SSSR count). The number of carbonyl (C=O) groups is 3. The number of likely N-dealkylation sites (N-methyl/N-ethyl adjacent to an activating group) is 1. The van der Waals surface area contributed by atoms with E-state index in [4.69, 9.17) is 14.8 Å². The third-order valence-corrected chi connectivity index (χ3v) is 7.18. The number of rotatable bonds is 13. The number of amides is 3. The highest BCUT2D eigenvalue weighted by Crippen LogP contribution is 2.27. The number of fused-ring (bicyclic) bond motifs is 1. The number of benzene rings is 2. The molecule has 2 aromatic carbocycles. The van der Waals surface area contributed by atoms with Crippen LogP contribution in [0.5, 0.6) is 5.75 Å². The van der Waals surface area contributed by atoms with Crippen LogP contribution in [0.25, 0.3) is 0 Å². The van der Waals surface area contributed by atoms with Crippen LogP contribution in [0.2, 0.25) is 0 Å². The van der Waals surface area contributed by atoms with Crippen LogP contribution in [-0.4, -0.2) is 83.4 Å². The Morgan fingerprint density at radius 2 is 1.77 bits per heavy atom. The van der Waals surface area contributed by atoms with Gasteiger partial charge in [0.15, 0.2) is 6.61 Å². The number of ether oxygens (including phenoxy) is 1. The molecule has 0 fully saturated rings. The van der Waals surface area contributed by atoms with Crippen molar-refractivity contribution in [3.05, 3.63) is 89.7 Å². The van der Waals surface area contributed by atoms with Crippen molar-refractivity contribution in [1.82, 2.24) is 20.5 Å². The number of carbonyl (C=O) groups excluding carboxylic acids is 3. The monoisotopic (exact) mass is 586 g/mol. The van der Waals surface area contributed by atoms with Crippen molar-refractivity contribution in [3.63, 3.8) is 0 Å². The maximum atomic E-state index is 14.0. The van der Waals surface area contributed by atoms with Crippen LogP contribution in [0.1, 0.15) is 37.6 Å². The van der Waals surface area contributed by atoms with E-state index in [1.54, 1.807) is 41.4 Å². The van der Waals surface area contributed by atoms with Gasteiger partial charge in [-0.3, -0.25) is 19.4 Å². The summed E-state index contributed by atoms with van der Waals surface area (Å²) in [5.74, 6) is -1.01. The third-order valence-electron chi connectivity index (χ3n) is 7.18. The summed E-state index contributed by atoms with van der Waals surface area (Å²) in [6.45, 7) is 7.98. The van der Waals surface area contributed by atoms with E-state index < -0.39 is 24.0 Å². The number of aliphatic hydroxyl groups excluding tert-OH is 1. The summed E-state index contributed by atoms with van der Waals surface area (Å²) >= 11 is 0. The van der Waals surface area contributed by atoms with Gasteiger partial charge in [0.05, 0.1) is 23.7 Å². The van der Waals surface area contributed by atoms with Crippen molar-refractivity contribution in [1.29, 1.82) is 0 Å². The van der Waals surface area contributed by atoms with Gasteiger partial charge in [-0.05, 0) is 55.9 Å². The molecule has 0 saturated heterocycles. The molecule has 1 aliphatic heterocycles. The van der Waals surface area contributed by atoms with E-state index >= 15 is 0 Å². The SMILES string of the molecule is CCN(CC)CCN1C(=O)C(NC(=O)[C@H](C)NC(=O)COc2ccc(CO)cc2)N=C(c2ccccn2)c2ccccc21. The molecule has 1 unspecified atom stereocenters. The molecule has 2 atom stereocenters. The number of nitrogens with one attached hydrogen (secondary N) is 2. The number of benzodiazepines with no additional fused rings is 1. The van der Waals surface area contributed by atoms with Gasteiger partial charge in [0.2, 0.25) is 12.1 Å². The summed E-state index contributed by atoms with van der Waals surface area (Å²) in [6, 6.07) is 18.7. The van der Waals surface area contributed by atoms with E-state index in [2.05, 4.69) is 34.4 Å². The first-order chi connectivity index (χ1) is 20.8. The third kappa shape index (κ3) is 8.02. The Kier molecular flexibility index (Phi) is 11.0. The van der Waals surface area contributed by atoms with Crippen LogP contribution >= 0.6 is 0 Å². The Hall–Kier alpha value is -4.61. The first kappa shape index (κ1) is 31.3.